The number of hydrogen-bond donors (Lipinski definition) is 1. The number of nitrogens with zero attached hydrogens (tertiary/aromatic N) is 3. The summed E-state index contributed by atoms with van der Waals surface area (Å²) in [7, 11) is 0. The third-order valence-electron chi connectivity index (χ3n) is 3.05. The molecule has 0 aliphatic heterocycles. The van der Waals surface area contributed by atoms with E-state index in [-0.39, 0.29) is 5.91 Å². The van der Waals surface area contributed by atoms with Crippen LogP contribution in [0.4, 0.5) is 17.2 Å². The summed E-state index contributed by atoms with van der Waals surface area (Å²) >= 11 is 0. The van der Waals surface area contributed by atoms with Gasteiger partial charge in [-0.1, -0.05) is 5.16 Å². The molecule has 0 unspecified atom stereocenters. The predicted molar refractivity (Wildman–Crippen MR) is 76.0 cm³/mol. The van der Waals surface area contributed by atoms with Gasteiger partial charge in [0.15, 0.2) is 5.58 Å². The Balaban J connectivity index is 2.10. The van der Waals surface area contributed by atoms with Gasteiger partial charge in [0.25, 0.3) is 0 Å². The van der Waals surface area contributed by atoms with Gasteiger partial charge >= 0.3 is 0 Å². The molecule has 0 atom stereocenters. The summed E-state index contributed by atoms with van der Waals surface area (Å²) in [6.45, 7) is 1.43. The van der Waals surface area contributed by atoms with Gasteiger partial charge in [-0.3, -0.25) is 9.69 Å². The number of carbonyl (C=O) groups is 1. The second-order valence-electron chi connectivity index (χ2n) is 4.47. The van der Waals surface area contributed by atoms with Gasteiger partial charge < -0.3 is 15.2 Å². The number of carbonyl (C=O) groups excluding carboxylic acids is 1. The lowest BCUT2D eigenvalue weighted by atomic mass is 10.2. The van der Waals surface area contributed by atoms with Crippen LogP contribution >= 0.6 is 0 Å². The second kappa shape index (κ2) is 5.31. The molecular formula is C14H12N4O3. The SMILES string of the molecule is CC(=O)N(c1ccc2cnoc2c1)c1cc([NH2+][O-])ccn1. The molecule has 21 heavy (non-hydrogen) atoms. The molecule has 0 saturated carbocycles. The molecule has 0 saturated heterocycles. The molecule has 2 N–H and O–H groups in total. The Morgan fingerprint density at radius 1 is 1.33 bits per heavy atom. The number of hydrogen-bond acceptors (Lipinski definition) is 5. The Labute approximate surface area is 119 Å². The standard InChI is InChI=1S/C14H12N4O3/c1-9(19)18(14-6-11(17-20)4-5-15-14)12-3-2-10-8-16-21-13(10)7-12/h2-8H,17H2,1H3. The molecule has 7 nitrogen and oxygen atoms in total. The third kappa shape index (κ3) is 2.47. The van der Waals surface area contributed by atoms with Crippen LogP contribution in [0, 0.1) is 5.21 Å². The zero-order valence-corrected chi connectivity index (χ0v) is 11.2. The quantitative estimate of drug-likeness (QED) is 0.736. The van der Waals surface area contributed by atoms with Crippen molar-refractivity contribution < 1.29 is 14.8 Å². The molecule has 0 spiro atoms. The largest absolute Gasteiger partial charge is 0.630 e. The first-order chi connectivity index (χ1) is 10.2. The van der Waals surface area contributed by atoms with E-state index in [2.05, 4.69) is 10.1 Å². The Hall–Kier alpha value is -2.77. The van der Waals surface area contributed by atoms with Crippen LogP contribution in [0.3, 0.4) is 0 Å². The Bertz CT molecular complexity index is 800. The fourth-order valence-corrected chi connectivity index (χ4v) is 2.09. The molecule has 1 amide bonds. The summed E-state index contributed by atoms with van der Waals surface area (Å²) in [6, 6.07) is 8.42. The zero-order chi connectivity index (χ0) is 14.8. The number of quaternary nitrogens is 1. The van der Waals surface area contributed by atoms with E-state index in [9.17, 15) is 10.0 Å². The molecule has 0 aliphatic rings. The van der Waals surface area contributed by atoms with Crippen LogP contribution in [0.25, 0.3) is 11.0 Å². The van der Waals surface area contributed by atoms with Gasteiger partial charge in [-0.15, -0.1) is 0 Å². The summed E-state index contributed by atoms with van der Waals surface area (Å²) in [4.78, 5) is 17.5. The average molecular weight is 284 g/mol. The van der Waals surface area contributed by atoms with Crippen LogP contribution in [-0.2, 0) is 4.79 Å². The lowest BCUT2D eigenvalue weighted by Gasteiger charge is -2.20. The van der Waals surface area contributed by atoms with Crippen LogP contribution in [0.15, 0.2) is 47.2 Å². The van der Waals surface area contributed by atoms with Gasteiger partial charge in [0.2, 0.25) is 5.91 Å². The van der Waals surface area contributed by atoms with Crippen molar-refractivity contribution in [2.45, 2.75) is 6.92 Å². The smallest absolute Gasteiger partial charge is 0.229 e. The molecule has 3 aromatic rings. The summed E-state index contributed by atoms with van der Waals surface area (Å²) < 4.78 is 5.10. The molecular weight excluding hydrogens is 272 g/mol. The van der Waals surface area contributed by atoms with Gasteiger partial charge in [-0.05, 0) is 12.1 Å². The van der Waals surface area contributed by atoms with E-state index in [0.717, 1.165) is 5.39 Å². The topological polar surface area (TPSA) is 98.9 Å². The molecule has 3 rings (SSSR count). The molecule has 2 heterocycles. The Kier molecular flexibility index (Phi) is 3.35. The highest BCUT2D eigenvalue weighted by Gasteiger charge is 2.17. The normalized spacial score (nSPS) is 10.8. The highest BCUT2D eigenvalue weighted by Crippen LogP contribution is 2.28. The van der Waals surface area contributed by atoms with Crippen molar-refractivity contribution in [3.8, 4) is 0 Å². The van der Waals surface area contributed by atoms with Crippen LogP contribution in [0.2, 0.25) is 0 Å². The predicted octanol–water partition coefficient (Wildman–Crippen LogP) is 1.60. The van der Waals surface area contributed by atoms with Crippen molar-refractivity contribution >= 4 is 34.1 Å². The van der Waals surface area contributed by atoms with Crippen LogP contribution in [0.5, 0.6) is 0 Å². The maximum absolute atomic E-state index is 12.0. The van der Waals surface area contributed by atoms with Crippen molar-refractivity contribution in [1.29, 1.82) is 0 Å². The highest BCUT2D eigenvalue weighted by atomic mass is 16.5. The third-order valence-corrected chi connectivity index (χ3v) is 3.05. The van der Waals surface area contributed by atoms with E-state index in [0.29, 0.717) is 28.3 Å². The molecule has 1 aromatic carbocycles. The van der Waals surface area contributed by atoms with Crippen LogP contribution < -0.4 is 10.4 Å². The molecule has 2 aromatic heterocycles. The number of amides is 1. The molecule has 0 aliphatic carbocycles. The number of rotatable bonds is 3. The first kappa shape index (κ1) is 13.2. The Morgan fingerprint density at radius 3 is 2.95 bits per heavy atom. The summed E-state index contributed by atoms with van der Waals surface area (Å²) in [5.74, 6) is 0.162. The minimum atomic E-state index is -0.218. The van der Waals surface area contributed by atoms with Gasteiger partial charge in [-0.2, -0.15) is 0 Å². The minimum absolute atomic E-state index is 0.218. The first-order valence-corrected chi connectivity index (χ1v) is 6.25. The van der Waals surface area contributed by atoms with Crippen molar-refractivity contribution in [2.24, 2.45) is 0 Å². The summed E-state index contributed by atoms with van der Waals surface area (Å²) in [5, 5.41) is 15.4. The lowest BCUT2D eigenvalue weighted by molar-refractivity contribution is -0.497. The van der Waals surface area contributed by atoms with Gasteiger partial charge in [0.05, 0.1) is 11.9 Å². The van der Waals surface area contributed by atoms with Crippen molar-refractivity contribution in [2.75, 3.05) is 4.90 Å². The zero-order valence-electron chi connectivity index (χ0n) is 11.2. The van der Waals surface area contributed by atoms with Crippen molar-refractivity contribution in [3.05, 3.63) is 47.9 Å². The summed E-state index contributed by atoms with van der Waals surface area (Å²) in [6.07, 6.45) is 3.09. The monoisotopic (exact) mass is 284 g/mol. The summed E-state index contributed by atoms with van der Waals surface area (Å²) in [5.41, 5.74) is 2.34. The fraction of sp³-hybridized carbons (Fsp3) is 0.0714. The lowest BCUT2D eigenvalue weighted by Crippen LogP contribution is -2.70. The van der Waals surface area contributed by atoms with E-state index in [1.54, 1.807) is 36.5 Å². The van der Waals surface area contributed by atoms with Gasteiger partial charge in [0.1, 0.15) is 11.5 Å². The molecule has 0 fully saturated rings. The minimum Gasteiger partial charge on any atom is -0.630 e. The van der Waals surface area contributed by atoms with Gasteiger partial charge in [-0.25, -0.2) is 4.98 Å². The maximum atomic E-state index is 12.0. The molecule has 106 valence electrons. The highest BCUT2D eigenvalue weighted by molar-refractivity contribution is 5.99. The van der Waals surface area contributed by atoms with E-state index in [4.69, 9.17) is 4.52 Å². The van der Waals surface area contributed by atoms with Gasteiger partial charge in [0, 0.05) is 36.7 Å². The van der Waals surface area contributed by atoms with Crippen LogP contribution in [0.1, 0.15) is 6.92 Å². The number of fused-ring (bicyclic) bond motifs is 1. The van der Waals surface area contributed by atoms with E-state index in [1.807, 2.05) is 0 Å². The first-order valence-electron chi connectivity index (χ1n) is 6.25. The molecule has 7 heteroatoms. The molecule has 0 radical (unpaired) electrons. The van der Waals surface area contributed by atoms with E-state index in [1.165, 1.54) is 18.0 Å². The number of aromatic nitrogens is 2. The molecule has 0 bridgehead atoms. The van der Waals surface area contributed by atoms with Crippen molar-refractivity contribution in [3.63, 3.8) is 0 Å². The van der Waals surface area contributed by atoms with Crippen molar-refractivity contribution in [1.82, 2.24) is 10.1 Å². The Morgan fingerprint density at radius 2 is 2.19 bits per heavy atom. The van der Waals surface area contributed by atoms with E-state index < -0.39 is 0 Å². The fourth-order valence-electron chi connectivity index (χ4n) is 2.09. The number of anilines is 2. The number of benzene rings is 1. The average Bonchev–Trinajstić information content (AvgIpc) is 2.95. The van der Waals surface area contributed by atoms with Crippen LogP contribution in [-0.4, -0.2) is 16.0 Å². The maximum Gasteiger partial charge on any atom is 0.229 e. The second-order valence-corrected chi connectivity index (χ2v) is 4.47. The van der Waals surface area contributed by atoms with E-state index >= 15 is 0 Å². The number of nitrogens with two attached hydrogens (primary N) is 1. The number of pyridine rings is 1.